The molecule has 108 valence electrons. The number of halogens is 1. The molecule has 3 aromatic rings. The highest BCUT2D eigenvalue weighted by Crippen LogP contribution is 2.22. The maximum absolute atomic E-state index is 13.4. The fraction of sp³-hybridized carbons (Fsp3) is 0. The van der Waals surface area contributed by atoms with Crippen molar-refractivity contribution in [3.63, 3.8) is 0 Å². The van der Waals surface area contributed by atoms with Gasteiger partial charge < -0.3 is 5.73 Å². The van der Waals surface area contributed by atoms with Crippen molar-refractivity contribution in [2.24, 2.45) is 5.73 Å². The van der Waals surface area contributed by atoms with E-state index in [2.05, 4.69) is 9.97 Å². The number of nitrogens with zero attached hydrogens (tertiary/aromatic N) is 2. The van der Waals surface area contributed by atoms with Crippen LogP contribution >= 0.6 is 0 Å². The second-order valence-electron chi connectivity index (χ2n) is 4.70. The Balaban J connectivity index is 2.19. The Hall–Kier alpha value is -3.08. The van der Waals surface area contributed by atoms with Crippen molar-refractivity contribution < 1.29 is 9.18 Å². The average molecular weight is 293 g/mol. The van der Waals surface area contributed by atoms with Crippen molar-refractivity contribution in [1.29, 1.82) is 0 Å². The van der Waals surface area contributed by atoms with Gasteiger partial charge in [0.15, 0.2) is 5.82 Å². The molecule has 5 heteroatoms. The average Bonchev–Trinajstić information content (AvgIpc) is 2.55. The molecule has 0 fully saturated rings. The lowest BCUT2D eigenvalue weighted by Gasteiger charge is -2.07. The van der Waals surface area contributed by atoms with Crippen LogP contribution in [0, 0.1) is 5.82 Å². The molecular weight excluding hydrogens is 281 g/mol. The molecule has 22 heavy (non-hydrogen) atoms. The third-order valence-electron chi connectivity index (χ3n) is 3.13. The quantitative estimate of drug-likeness (QED) is 0.807. The number of primary amides is 1. The van der Waals surface area contributed by atoms with E-state index in [9.17, 15) is 9.18 Å². The maximum atomic E-state index is 13.4. The third kappa shape index (κ3) is 2.83. The first-order valence-corrected chi connectivity index (χ1v) is 6.64. The van der Waals surface area contributed by atoms with Gasteiger partial charge in [0.25, 0.3) is 5.91 Å². The number of hydrogen-bond donors (Lipinski definition) is 1. The lowest BCUT2D eigenvalue weighted by Crippen LogP contribution is -2.14. The summed E-state index contributed by atoms with van der Waals surface area (Å²) in [5.74, 6) is -0.661. The summed E-state index contributed by atoms with van der Waals surface area (Å²) in [6.45, 7) is 0. The molecule has 0 saturated heterocycles. The number of aromatic nitrogens is 2. The minimum atomic E-state index is -0.655. The smallest absolute Gasteiger partial charge is 0.267 e. The standard InChI is InChI=1S/C17H12FN3O/c18-13-8-4-7-12(9-13)14-10-15(16(19)22)21-17(20-14)11-5-2-1-3-6-11/h1-10H,(H2,19,22). The van der Waals surface area contributed by atoms with Crippen molar-refractivity contribution in [1.82, 2.24) is 9.97 Å². The summed E-state index contributed by atoms with van der Waals surface area (Å²) in [5.41, 5.74) is 7.18. The van der Waals surface area contributed by atoms with Gasteiger partial charge in [0, 0.05) is 11.1 Å². The number of rotatable bonds is 3. The predicted octanol–water partition coefficient (Wildman–Crippen LogP) is 3.05. The number of nitrogens with two attached hydrogens (primary N) is 1. The van der Waals surface area contributed by atoms with E-state index in [1.807, 2.05) is 30.3 Å². The molecule has 0 aliphatic rings. The van der Waals surface area contributed by atoms with E-state index in [1.165, 1.54) is 18.2 Å². The molecule has 2 N–H and O–H groups in total. The van der Waals surface area contributed by atoms with Crippen LogP contribution in [0.3, 0.4) is 0 Å². The highest BCUT2D eigenvalue weighted by atomic mass is 19.1. The van der Waals surface area contributed by atoms with E-state index in [0.29, 0.717) is 17.1 Å². The fourth-order valence-corrected chi connectivity index (χ4v) is 2.09. The monoisotopic (exact) mass is 293 g/mol. The normalized spacial score (nSPS) is 10.4. The fourth-order valence-electron chi connectivity index (χ4n) is 2.09. The summed E-state index contributed by atoms with van der Waals surface area (Å²) in [6, 6.07) is 16.7. The Morgan fingerprint density at radius 3 is 2.32 bits per heavy atom. The molecule has 0 unspecified atom stereocenters. The Morgan fingerprint density at radius 1 is 0.909 bits per heavy atom. The Kier molecular flexibility index (Phi) is 3.62. The second-order valence-corrected chi connectivity index (χ2v) is 4.70. The van der Waals surface area contributed by atoms with Gasteiger partial charge in [-0.15, -0.1) is 0 Å². The summed E-state index contributed by atoms with van der Waals surface area (Å²) >= 11 is 0. The van der Waals surface area contributed by atoms with Crippen molar-refractivity contribution >= 4 is 5.91 Å². The zero-order valence-corrected chi connectivity index (χ0v) is 11.5. The Morgan fingerprint density at radius 2 is 1.64 bits per heavy atom. The molecule has 0 aliphatic heterocycles. The largest absolute Gasteiger partial charge is 0.364 e. The molecule has 3 rings (SSSR count). The second kappa shape index (κ2) is 5.73. The summed E-state index contributed by atoms with van der Waals surface area (Å²) in [4.78, 5) is 20.1. The minimum absolute atomic E-state index is 0.0908. The molecule has 1 amide bonds. The SMILES string of the molecule is NC(=O)c1cc(-c2cccc(F)c2)nc(-c2ccccc2)n1. The summed E-state index contributed by atoms with van der Waals surface area (Å²) < 4.78 is 13.4. The van der Waals surface area contributed by atoms with Crippen molar-refractivity contribution in [3.8, 4) is 22.6 Å². The number of carbonyl (C=O) groups excluding carboxylic acids is 1. The van der Waals surface area contributed by atoms with Gasteiger partial charge in [0.2, 0.25) is 0 Å². The Bertz CT molecular complexity index is 834. The van der Waals surface area contributed by atoms with Crippen LogP contribution in [0.15, 0.2) is 60.7 Å². The van der Waals surface area contributed by atoms with Crippen molar-refractivity contribution in [2.75, 3.05) is 0 Å². The van der Waals surface area contributed by atoms with Gasteiger partial charge in [-0.3, -0.25) is 4.79 Å². The van der Waals surface area contributed by atoms with Gasteiger partial charge in [0.05, 0.1) is 5.69 Å². The molecule has 0 aliphatic carbocycles. The van der Waals surface area contributed by atoms with Crippen LogP contribution in [-0.4, -0.2) is 15.9 Å². The summed E-state index contributed by atoms with van der Waals surface area (Å²) in [6.07, 6.45) is 0. The molecule has 0 bridgehead atoms. The van der Waals surface area contributed by atoms with E-state index in [0.717, 1.165) is 5.56 Å². The van der Waals surface area contributed by atoms with Crippen molar-refractivity contribution in [2.45, 2.75) is 0 Å². The molecule has 0 radical (unpaired) electrons. The van der Waals surface area contributed by atoms with Gasteiger partial charge in [-0.2, -0.15) is 0 Å². The first-order chi connectivity index (χ1) is 10.6. The lowest BCUT2D eigenvalue weighted by atomic mass is 10.1. The highest BCUT2D eigenvalue weighted by molar-refractivity contribution is 5.92. The first kappa shape index (κ1) is 13.9. The van der Waals surface area contributed by atoms with Crippen LogP contribution in [0.1, 0.15) is 10.5 Å². The molecule has 2 aromatic carbocycles. The molecule has 0 saturated carbocycles. The highest BCUT2D eigenvalue weighted by Gasteiger charge is 2.12. The van der Waals surface area contributed by atoms with Crippen LogP contribution in [0.5, 0.6) is 0 Å². The van der Waals surface area contributed by atoms with E-state index in [4.69, 9.17) is 5.73 Å². The summed E-state index contributed by atoms with van der Waals surface area (Å²) in [7, 11) is 0. The van der Waals surface area contributed by atoms with Gasteiger partial charge in [0.1, 0.15) is 11.5 Å². The van der Waals surface area contributed by atoms with E-state index >= 15 is 0 Å². The van der Waals surface area contributed by atoms with E-state index in [1.54, 1.807) is 12.1 Å². The van der Waals surface area contributed by atoms with Crippen LogP contribution < -0.4 is 5.73 Å². The molecule has 0 atom stereocenters. The molecule has 1 aromatic heterocycles. The summed E-state index contributed by atoms with van der Waals surface area (Å²) in [5, 5.41) is 0. The van der Waals surface area contributed by atoms with Crippen LogP contribution in [0.4, 0.5) is 4.39 Å². The van der Waals surface area contributed by atoms with Gasteiger partial charge in [-0.05, 0) is 18.2 Å². The van der Waals surface area contributed by atoms with Crippen LogP contribution in [0.25, 0.3) is 22.6 Å². The first-order valence-electron chi connectivity index (χ1n) is 6.64. The Labute approximate surface area is 126 Å². The number of amides is 1. The minimum Gasteiger partial charge on any atom is -0.364 e. The molecule has 0 spiro atoms. The zero-order chi connectivity index (χ0) is 15.5. The lowest BCUT2D eigenvalue weighted by molar-refractivity contribution is 0.0995. The number of hydrogen-bond acceptors (Lipinski definition) is 3. The number of carbonyl (C=O) groups is 1. The van der Waals surface area contributed by atoms with Gasteiger partial charge >= 0.3 is 0 Å². The molecule has 1 heterocycles. The topological polar surface area (TPSA) is 68.9 Å². The van der Waals surface area contributed by atoms with E-state index < -0.39 is 5.91 Å². The predicted molar refractivity (Wildman–Crippen MR) is 81.4 cm³/mol. The zero-order valence-electron chi connectivity index (χ0n) is 11.5. The van der Waals surface area contributed by atoms with Crippen molar-refractivity contribution in [3.05, 3.63) is 72.2 Å². The molecular formula is C17H12FN3O. The van der Waals surface area contributed by atoms with Crippen LogP contribution in [-0.2, 0) is 0 Å². The molecule has 4 nitrogen and oxygen atoms in total. The van der Waals surface area contributed by atoms with Crippen LogP contribution in [0.2, 0.25) is 0 Å². The number of benzene rings is 2. The third-order valence-corrected chi connectivity index (χ3v) is 3.13. The maximum Gasteiger partial charge on any atom is 0.267 e. The van der Waals surface area contributed by atoms with Gasteiger partial charge in [-0.1, -0.05) is 42.5 Å². The van der Waals surface area contributed by atoms with E-state index in [-0.39, 0.29) is 11.5 Å². The van der Waals surface area contributed by atoms with Gasteiger partial charge in [-0.25, -0.2) is 14.4 Å².